The number of amides is 2. The smallest absolute Gasteiger partial charge is 0.326 e. The maximum Gasteiger partial charge on any atom is 0.326 e. The molecule has 1 aromatic carbocycles. The van der Waals surface area contributed by atoms with Crippen LogP contribution in [0.1, 0.15) is 78.2 Å². The van der Waals surface area contributed by atoms with Crippen molar-refractivity contribution < 1.29 is 38.6 Å². The molecule has 0 spiro atoms. The first kappa shape index (κ1) is 30.1. The van der Waals surface area contributed by atoms with E-state index in [2.05, 4.69) is 5.32 Å². The molecule has 2 atom stereocenters. The zero-order valence-electron chi connectivity index (χ0n) is 23.3. The highest BCUT2D eigenvalue weighted by Gasteiger charge is 2.46. The molecule has 2 aliphatic rings. The Hall–Kier alpha value is -3.43. The van der Waals surface area contributed by atoms with Crippen LogP contribution in [0.3, 0.4) is 0 Å². The summed E-state index contributed by atoms with van der Waals surface area (Å²) in [6.07, 6.45) is 2.92. The number of nitrogens with zero attached hydrogens (tertiary/aromatic N) is 1. The molecule has 1 fully saturated rings. The highest BCUT2D eigenvalue weighted by atomic mass is 16.6. The van der Waals surface area contributed by atoms with Crippen LogP contribution in [0, 0.1) is 11.3 Å². The molecule has 1 heterocycles. The molecule has 0 bridgehead atoms. The van der Waals surface area contributed by atoms with Crippen LogP contribution in [0.25, 0.3) is 0 Å². The van der Waals surface area contributed by atoms with Crippen LogP contribution in [0.5, 0.6) is 0 Å². The van der Waals surface area contributed by atoms with Gasteiger partial charge in [0, 0.05) is 5.69 Å². The van der Waals surface area contributed by atoms with Crippen molar-refractivity contribution in [3.8, 4) is 0 Å². The van der Waals surface area contributed by atoms with E-state index in [4.69, 9.17) is 9.47 Å². The lowest BCUT2D eigenvalue weighted by molar-refractivity contribution is -0.155. The summed E-state index contributed by atoms with van der Waals surface area (Å²) in [5.74, 6) is -4.10. The normalized spacial score (nSPS) is 19.4. The summed E-state index contributed by atoms with van der Waals surface area (Å²) < 4.78 is 10.6. The second-order valence-electron chi connectivity index (χ2n) is 11.4. The van der Waals surface area contributed by atoms with E-state index in [0.29, 0.717) is 31.4 Å². The lowest BCUT2D eigenvalue weighted by Gasteiger charge is -2.33. The van der Waals surface area contributed by atoms with Gasteiger partial charge in [0.05, 0.1) is 24.4 Å². The predicted molar refractivity (Wildman–Crippen MR) is 143 cm³/mol. The molecule has 1 unspecified atom stereocenters. The summed E-state index contributed by atoms with van der Waals surface area (Å²) in [5, 5.41) is 12.3. The third-order valence-electron chi connectivity index (χ3n) is 7.28. The van der Waals surface area contributed by atoms with Crippen LogP contribution in [0.15, 0.2) is 24.3 Å². The molecule has 1 aromatic rings. The molecular weight excluding hydrogens is 504 g/mol. The topological polar surface area (TPSA) is 139 Å². The monoisotopic (exact) mass is 544 g/mol. The van der Waals surface area contributed by atoms with Crippen molar-refractivity contribution in [2.75, 3.05) is 18.1 Å². The minimum atomic E-state index is -1.14. The van der Waals surface area contributed by atoms with Gasteiger partial charge in [-0.3, -0.25) is 28.9 Å². The number of hydrogen-bond acceptors (Lipinski definition) is 7. The molecule has 1 aliphatic carbocycles. The van der Waals surface area contributed by atoms with Gasteiger partial charge < -0.3 is 19.9 Å². The molecular formula is C29H40N2O8. The van der Waals surface area contributed by atoms with Crippen molar-refractivity contribution in [3.63, 3.8) is 0 Å². The number of aliphatic carboxylic acids is 1. The lowest BCUT2D eigenvalue weighted by atomic mass is 9.75. The number of carboxylic acids is 1. The van der Waals surface area contributed by atoms with E-state index in [1.54, 1.807) is 39.8 Å². The molecule has 2 N–H and O–H groups in total. The van der Waals surface area contributed by atoms with Crippen molar-refractivity contribution in [1.29, 1.82) is 0 Å². The van der Waals surface area contributed by atoms with Crippen molar-refractivity contribution in [1.82, 2.24) is 5.32 Å². The fourth-order valence-corrected chi connectivity index (χ4v) is 5.58. The van der Waals surface area contributed by atoms with Gasteiger partial charge in [0.15, 0.2) is 0 Å². The summed E-state index contributed by atoms with van der Waals surface area (Å²) in [6.45, 7) is 6.71. The number of fused-ring (bicyclic) bond motifs is 1. The maximum atomic E-state index is 13.8. The van der Waals surface area contributed by atoms with E-state index < -0.39 is 53.2 Å². The molecule has 10 nitrogen and oxygen atoms in total. The van der Waals surface area contributed by atoms with Crippen molar-refractivity contribution in [3.05, 3.63) is 29.8 Å². The second kappa shape index (κ2) is 12.6. The van der Waals surface area contributed by atoms with Gasteiger partial charge in [-0.15, -0.1) is 0 Å². The molecule has 1 saturated carbocycles. The average molecular weight is 545 g/mol. The number of hydrogen-bond donors (Lipinski definition) is 2. The molecule has 214 valence electrons. The van der Waals surface area contributed by atoms with Crippen molar-refractivity contribution in [2.24, 2.45) is 11.3 Å². The van der Waals surface area contributed by atoms with Gasteiger partial charge in [0.1, 0.15) is 18.2 Å². The quantitative estimate of drug-likeness (QED) is 0.427. The minimum Gasteiger partial charge on any atom is -0.481 e. The van der Waals surface area contributed by atoms with Crippen molar-refractivity contribution >= 4 is 35.4 Å². The van der Waals surface area contributed by atoms with E-state index in [0.717, 1.165) is 18.4 Å². The molecule has 10 heteroatoms. The Morgan fingerprint density at radius 3 is 2.44 bits per heavy atom. The standard InChI is InChI=1S/C29H40N2O8/c1-5-38-26(36)20(16-23(32)33)17-29(14-8-9-15-29)27(37)30-21-13-12-19-10-6-7-11-22(19)31(25(21)35)18-24(34)39-28(2,3)4/h6-7,10-11,20-21H,5,8-9,12-18H2,1-4H3,(H,30,37)(H,32,33)/t20?,21-/m0/s1. The van der Waals surface area contributed by atoms with Gasteiger partial charge in [-0.2, -0.15) is 0 Å². The largest absolute Gasteiger partial charge is 0.481 e. The fourth-order valence-electron chi connectivity index (χ4n) is 5.58. The molecule has 2 amide bonds. The maximum absolute atomic E-state index is 13.8. The first-order chi connectivity index (χ1) is 18.3. The van der Waals surface area contributed by atoms with Gasteiger partial charge in [0.25, 0.3) is 0 Å². The van der Waals surface area contributed by atoms with Gasteiger partial charge >= 0.3 is 17.9 Å². The molecule has 0 radical (unpaired) electrons. The predicted octanol–water partition coefficient (Wildman–Crippen LogP) is 3.40. The Morgan fingerprint density at radius 2 is 1.82 bits per heavy atom. The number of aryl methyl sites for hydroxylation is 1. The van der Waals surface area contributed by atoms with Crippen LogP contribution >= 0.6 is 0 Å². The zero-order chi connectivity index (χ0) is 28.8. The third-order valence-corrected chi connectivity index (χ3v) is 7.28. The van der Waals surface area contributed by atoms with E-state index >= 15 is 0 Å². The number of ether oxygens (including phenoxy) is 2. The number of rotatable bonds is 10. The summed E-state index contributed by atoms with van der Waals surface area (Å²) in [7, 11) is 0. The van der Waals surface area contributed by atoms with Gasteiger partial charge in [-0.1, -0.05) is 31.0 Å². The Bertz CT molecular complexity index is 1090. The number of benzene rings is 1. The van der Waals surface area contributed by atoms with Crippen LogP contribution in [-0.4, -0.2) is 59.6 Å². The highest BCUT2D eigenvalue weighted by Crippen LogP contribution is 2.44. The number of para-hydroxylation sites is 1. The van der Waals surface area contributed by atoms with Gasteiger partial charge in [0.2, 0.25) is 11.8 Å². The molecule has 0 saturated heterocycles. The molecule has 1 aliphatic heterocycles. The van der Waals surface area contributed by atoms with E-state index in [1.165, 1.54) is 4.90 Å². The zero-order valence-corrected chi connectivity index (χ0v) is 23.3. The summed E-state index contributed by atoms with van der Waals surface area (Å²) in [4.78, 5) is 65.7. The number of esters is 2. The van der Waals surface area contributed by atoms with Gasteiger partial charge in [-0.25, -0.2) is 0 Å². The summed E-state index contributed by atoms with van der Waals surface area (Å²) in [6, 6.07) is 6.42. The summed E-state index contributed by atoms with van der Waals surface area (Å²) >= 11 is 0. The Kier molecular flexibility index (Phi) is 9.74. The van der Waals surface area contributed by atoms with Crippen LogP contribution < -0.4 is 10.2 Å². The molecule has 3 rings (SSSR count). The SMILES string of the molecule is CCOC(=O)C(CC(=O)O)CC1(C(=O)N[C@H]2CCc3ccccc3N(CC(=O)OC(C)(C)C)C2=O)CCCC1. The Morgan fingerprint density at radius 1 is 1.15 bits per heavy atom. The first-order valence-corrected chi connectivity index (χ1v) is 13.7. The number of nitrogens with one attached hydrogen (secondary N) is 1. The second-order valence-corrected chi connectivity index (χ2v) is 11.4. The third kappa shape index (κ3) is 7.80. The average Bonchev–Trinajstić information content (AvgIpc) is 3.28. The van der Waals surface area contributed by atoms with Crippen LogP contribution in [0.2, 0.25) is 0 Å². The first-order valence-electron chi connectivity index (χ1n) is 13.7. The lowest BCUT2D eigenvalue weighted by Crippen LogP contribution is -2.53. The van der Waals surface area contributed by atoms with Gasteiger partial charge in [-0.05, 0) is 71.4 Å². The fraction of sp³-hybridized carbons (Fsp3) is 0.621. The van der Waals surface area contributed by atoms with Crippen LogP contribution in [0.4, 0.5) is 5.69 Å². The van der Waals surface area contributed by atoms with E-state index in [-0.39, 0.29) is 25.5 Å². The number of carbonyl (C=O) groups excluding carboxylic acids is 4. The van der Waals surface area contributed by atoms with Crippen molar-refractivity contribution in [2.45, 2.75) is 90.7 Å². The van der Waals surface area contributed by atoms with Crippen LogP contribution in [-0.2, 0) is 39.9 Å². The molecule has 0 aromatic heterocycles. The highest BCUT2D eigenvalue weighted by molar-refractivity contribution is 6.03. The number of carboxylic acid groups (broad SMARTS) is 1. The number of anilines is 1. The number of carbonyl (C=O) groups is 5. The molecule has 39 heavy (non-hydrogen) atoms. The van der Waals surface area contributed by atoms with E-state index in [9.17, 15) is 29.1 Å². The Labute approximate surface area is 229 Å². The Balaban J connectivity index is 1.85. The minimum absolute atomic E-state index is 0.0344. The van der Waals surface area contributed by atoms with E-state index in [1.807, 2.05) is 12.1 Å². The summed E-state index contributed by atoms with van der Waals surface area (Å²) in [5.41, 5.74) is -0.225.